The van der Waals surface area contributed by atoms with Crippen LogP contribution < -0.4 is 0 Å². The number of rotatable bonds is 2. The maximum absolute atomic E-state index is 12.4. The molecule has 0 N–H and O–H groups in total. The highest BCUT2D eigenvalue weighted by Gasteiger charge is 2.21. The molecule has 1 aliphatic rings. The summed E-state index contributed by atoms with van der Waals surface area (Å²) in [6, 6.07) is 4.38. The monoisotopic (exact) mass is 372 g/mol. The number of nitro benzene ring substituents is 1. The molecule has 0 atom stereocenters. The highest BCUT2D eigenvalue weighted by atomic mass is 127. The Labute approximate surface area is 124 Å². The molecule has 0 bridgehead atoms. The van der Waals surface area contributed by atoms with Crippen LogP contribution in [0.4, 0.5) is 5.69 Å². The molecule has 0 aromatic heterocycles. The van der Waals surface area contributed by atoms with Crippen LogP contribution in [0.15, 0.2) is 29.8 Å². The van der Waals surface area contributed by atoms with Gasteiger partial charge < -0.3 is 4.90 Å². The van der Waals surface area contributed by atoms with E-state index in [4.69, 9.17) is 0 Å². The third-order valence-electron chi connectivity index (χ3n) is 3.11. The van der Waals surface area contributed by atoms with Gasteiger partial charge in [0.05, 0.1) is 10.5 Å². The summed E-state index contributed by atoms with van der Waals surface area (Å²) in [7, 11) is 0. The number of nitro groups is 1. The molecule has 0 fully saturated rings. The summed E-state index contributed by atoms with van der Waals surface area (Å²) in [5.74, 6) is -0.142. The number of carbonyl (C=O) groups is 1. The Morgan fingerprint density at radius 1 is 1.47 bits per heavy atom. The van der Waals surface area contributed by atoms with E-state index < -0.39 is 4.92 Å². The molecular weight excluding hydrogens is 359 g/mol. The number of non-ortho nitro benzene ring substituents is 1. The lowest BCUT2D eigenvalue weighted by molar-refractivity contribution is -0.384. The summed E-state index contributed by atoms with van der Waals surface area (Å²) in [6.45, 7) is 3.28. The number of benzene rings is 1. The third-order valence-corrected chi connectivity index (χ3v) is 4.06. The maximum atomic E-state index is 12.4. The third kappa shape index (κ3) is 3.12. The van der Waals surface area contributed by atoms with E-state index in [1.165, 1.54) is 17.7 Å². The van der Waals surface area contributed by atoms with Gasteiger partial charge in [-0.1, -0.05) is 11.6 Å². The van der Waals surface area contributed by atoms with Gasteiger partial charge in [0.2, 0.25) is 0 Å². The van der Waals surface area contributed by atoms with Gasteiger partial charge in [-0.15, -0.1) is 0 Å². The highest BCUT2D eigenvalue weighted by Crippen LogP contribution is 2.22. The lowest BCUT2D eigenvalue weighted by Gasteiger charge is -2.25. The van der Waals surface area contributed by atoms with Gasteiger partial charge in [0.15, 0.2) is 0 Å². The summed E-state index contributed by atoms with van der Waals surface area (Å²) >= 11 is 2.03. The molecule has 100 valence electrons. The molecule has 19 heavy (non-hydrogen) atoms. The van der Waals surface area contributed by atoms with Crippen LogP contribution in [-0.4, -0.2) is 28.8 Å². The molecule has 2 rings (SSSR count). The number of hydrogen-bond acceptors (Lipinski definition) is 3. The smallest absolute Gasteiger partial charge is 0.270 e. The Morgan fingerprint density at radius 3 is 2.79 bits per heavy atom. The molecule has 0 spiro atoms. The van der Waals surface area contributed by atoms with Crippen molar-refractivity contribution in [1.29, 1.82) is 0 Å². The molecule has 1 amide bonds. The molecule has 0 radical (unpaired) electrons. The van der Waals surface area contributed by atoms with E-state index in [9.17, 15) is 14.9 Å². The molecule has 1 aromatic rings. The van der Waals surface area contributed by atoms with Crippen molar-refractivity contribution in [2.75, 3.05) is 13.1 Å². The van der Waals surface area contributed by atoms with Crippen molar-refractivity contribution in [1.82, 2.24) is 4.90 Å². The van der Waals surface area contributed by atoms with Crippen molar-refractivity contribution in [3.63, 3.8) is 0 Å². The Morgan fingerprint density at radius 2 is 2.21 bits per heavy atom. The predicted octanol–water partition coefficient (Wildman–Crippen LogP) is 2.99. The van der Waals surface area contributed by atoms with Crippen molar-refractivity contribution in [3.8, 4) is 0 Å². The molecule has 5 nitrogen and oxygen atoms in total. The summed E-state index contributed by atoms with van der Waals surface area (Å²) < 4.78 is 0.736. The lowest BCUT2D eigenvalue weighted by Crippen LogP contribution is -2.35. The first-order valence-electron chi connectivity index (χ1n) is 5.88. The summed E-state index contributed by atoms with van der Waals surface area (Å²) in [4.78, 5) is 24.4. The van der Waals surface area contributed by atoms with Gasteiger partial charge in [-0.05, 0) is 42.0 Å². The number of amides is 1. The van der Waals surface area contributed by atoms with Crippen LogP contribution in [0.25, 0.3) is 0 Å². The predicted molar refractivity (Wildman–Crippen MR) is 80.1 cm³/mol. The first-order chi connectivity index (χ1) is 8.99. The van der Waals surface area contributed by atoms with Crippen molar-refractivity contribution >= 4 is 34.2 Å². The second-order valence-corrected chi connectivity index (χ2v) is 5.64. The second-order valence-electron chi connectivity index (χ2n) is 4.47. The minimum Gasteiger partial charge on any atom is -0.335 e. The summed E-state index contributed by atoms with van der Waals surface area (Å²) in [6.07, 6.45) is 2.88. The molecule has 1 aromatic carbocycles. The molecule has 0 saturated heterocycles. The fourth-order valence-electron chi connectivity index (χ4n) is 1.92. The van der Waals surface area contributed by atoms with Crippen LogP contribution in [0.1, 0.15) is 23.7 Å². The van der Waals surface area contributed by atoms with Crippen LogP contribution in [0.5, 0.6) is 0 Å². The van der Waals surface area contributed by atoms with E-state index in [0.29, 0.717) is 18.7 Å². The van der Waals surface area contributed by atoms with Gasteiger partial charge in [-0.2, -0.15) is 0 Å². The van der Waals surface area contributed by atoms with Gasteiger partial charge >= 0.3 is 0 Å². The lowest BCUT2D eigenvalue weighted by atomic mass is 10.1. The van der Waals surface area contributed by atoms with Gasteiger partial charge in [0.25, 0.3) is 11.6 Å². The topological polar surface area (TPSA) is 63.5 Å². The molecule has 0 unspecified atom stereocenters. The van der Waals surface area contributed by atoms with Crippen LogP contribution in [-0.2, 0) is 0 Å². The van der Waals surface area contributed by atoms with E-state index in [0.717, 1.165) is 9.99 Å². The van der Waals surface area contributed by atoms with Gasteiger partial charge in [-0.3, -0.25) is 14.9 Å². The Bertz CT molecular complexity index is 569. The van der Waals surface area contributed by atoms with Crippen molar-refractivity contribution in [3.05, 3.63) is 49.1 Å². The van der Waals surface area contributed by atoms with Crippen LogP contribution in [0, 0.1) is 13.7 Å². The molecule has 0 aliphatic carbocycles. The van der Waals surface area contributed by atoms with Gasteiger partial charge in [0.1, 0.15) is 0 Å². The first-order valence-corrected chi connectivity index (χ1v) is 6.96. The average molecular weight is 372 g/mol. The second kappa shape index (κ2) is 5.68. The zero-order valence-electron chi connectivity index (χ0n) is 10.4. The van der Waals surface area contributed by atoms with E-state index >= 15 is 0 Å². The Hall–Kier alpha value is -1.44. The van der Waals surface area contributed by atoms with Crippen molar-refractivity contribution in [2.45, 2.75) is 13.3 Å². The number of hydrogen-bond donors (Lipinski definition) is 0. The Balaban J connectivity index is 2.28. The molecule has 1 aliphatic heterocycles. The van der Waals surface area contributed by atoms with E-state index in [2.05, 4.69) is 0 Å². The quantitative estimate of drug-likeness (QED) is 0.347. The van der Waals surface area contributed by atoms with Crippen LogP contribution in [0.2, 0.25) is 0 Å². The minimum atomic E-state index is -0.479. The summed E-state index contributed by atoms with van der Waals surface area (Å²) in [5, 5.41) is 10.8. The normalized spacial score (nSPS) is 15.1. The molecule has 6 heteroatoms. The average Bonchev–Trinajstić information content (AvgIpc) is 2.39. The zero-order chi connectivity index (χ0) is 14.0. The first kappa shape index (κ1) is 14.0. The standard InChI is InChI=1S/C13H13IN2O3/c1-9-4-6-15(7-5-9)13(17)11-8-10(16(18)19)2-3-12(11)14/h2-4,8H,5-7H2,1H3. The summed E-state index contributed by atoms with van der Waals surface area (Å²) in [5.41, 5.74) is 1.63. The van der Waals surface area contributed by atoms with E-state index in [1.54, 1.807) is 11.0 Å². The Kier molecular flexibility index (Phi) is 4.18. The van der Waals surface area contributed by atoms with Crippen molar-refractivity contribution < 1.29 is 9.72 Å². The maximum Gasteiger partial charge on any atom is 0.270 e. The van der Waals surface area contributed by atoms with Crippen LogP contribution >= 0.6 is 22.6 Å². The van der Waals surface area contributed by atoms with Crippen molar-refractivity contribution in [2.24, 2.45) is 0 Å². The van der Waals surface area contributed by atoms with E-state index in [-0.39, 0.29) is 11.6 Å². The minimum absolute atomic E-state index is 0.0486. The zero-order valence-corrected chi connectivity index (χ0v) is 12.6. The number of carbonyl (C=O) groups excluding carboxylic acids is 1. The number of nitrogens with zero attached hydrogens (tertiary/aromatic N) is 2. The van der Waals surface area contributed by atoms with E-state index in [1.807, 2.05) is 35.6 Å². The van der Waals surface area contributed by atoms with Gasteiger partial charge in [-0.25, -0.2) is 0 Å². The number of halogens is 1. The molecular formula is C13H13IN2O3. The SMILES string of the molecule is CC1=CCN(C(=O)c2cc([N+](=O)[O-])ccc2I)CC1. The highest BCUT2D eigenvalue weighted by molar-refractivity contribution is 14.1. The largest absolute Gasteiger partial charge is 0.335 e. The van der Waals surface area contributed by atoms with Gasteiger partial charge in [0, 0.05) is 28.8 Å². The van der Waals surface area contributed by atoms with Crippen LogP contribution in [0.3, 0.4) is 0 Å². The fourth-order valence-corrected chi connectivity index (χ4v) is 2.48. The molecule has 0 saturated carbocycles. The fraction of sp³-hybridized carbons (Fsp3) is 0.308. The molecule has 1 heterocycles.